The van der Waals surface area contributed by atoms with Crippen LogP contribution < -0.4 is 0 Å². The molecule has 0 radical (unpaired) electrons. The van der Waals surface area contributed by atoms with Crippen molar-refractivity contribution in [1.29, 1.82) is 0 Å². The summed E-state index contributed by atoms with van der Waals surface area (Å²) >= 11 is 3.44. The molecule has 1 aliphatic carbocycles. The number of carbonyl (C=O) groups excluding carboxylic acids is 1. The lowest BCUT2D eigenvalue weighted by atomic mass is 9.85. The maximum atomic E-state index is 12.1. The highest BCUT2D eigenvalue weighted by Gasteiger charge is 2.34. The molecule has 0 aromatic heterocycles. The maximum Gasteiger partial charge on any atom is 0.238 e. The van der Waals surface area contributed by atoms with Crippen LogP contribution in [0.3, 0.4) is 0 Å². The highest BCUT2D eigenvalue weighted by molar-refractivity contribution is 9.10. The second-order valence-corrected chi connectivity index (χ2v) is 7.20. The van der Waals surface area contributed by atoms with Crippen LogP contribution in [0.1, 0.15) is 46.5 Å². The topological polar surface area (TPSA) is 20.3 Å². The Balaban J connectivity index is 2.66. The number of carbonyl (C=O) groups is 1. The molecule has 1 fully saturated rings. The van der Waals surface area contributed by atoms with Crippen LogP contribution in [-0.2, 0) is 4.79 Å². The first-order valence-corrected chi connectivity index (χ1v) is 6.59. The molecule has 0 N–H and O–H groups in total. The van der Waals surface area contributed by atoms with Crippen LogP contribution in [0.25, 0.3) is 0 Å². The number of amides is 1. The standard InChI is InChI=1S/C12H22BrNO/c1-9-7-5-6-8-10(9)14(4)11(15)12(2,3)13/h9-10H,5-8H2,1-4H3. The van der Waals surface area contributed by atoms with Crippen molar-refractivity contribution in [2.75, 3.05) is 7.05 Å². The molecule has 1 saturated carbocycles. The third-order valence-electron chi connectivity index (χ3n) is 3.39. The summed E-state index contributed by atoms with van der Waals surface area (Å²) < 4.78 is -0.432. The zero-order valence-corrected chi connectivity index (χ0v) is 11.8. The molecule has 0 spiro atoms. The molecule has 0 bridgehead atoms. The van der Waals surface area contributed by atoms with E-state index in [1.807, 2.05) is 25.8 Å². The van der Waals surface area contributed by atoms with E-state index in [1.54, 1.807) is 0 Å². The molecule has 3 heteroatoms. The molecule has 15 heavy (non-hydrogen) atoms. The molecular formula is C12H22BrNO. The molecule has 0 heterocycles. The van der Waals surface area contributed by atoms with Crippen molar-refractivity contribution in [2.24, 2.45) is 5.92 Å². The van der Waals surface area contributed by atoms with Gasteiger partial charge in [-0.25, -0.2) is 0 Å². The first-order valence-electron chi connectivity index (χ1n) is 5.80. The second kappa shape index (κ2) is 4.86. The van der Waals surface area contributed by atoms with Gasteiger partial charge in [0.1, 0.15) is 0 Å². The molecule has 0 aromatic rings. The van der Waals surface area contributed by atoms with E-state index in [2.05, 4.69) is 22.9 Å². The lowest BCUT2D eigenvalue weighted by molar-refractivity contribution is -0.135. The minimum absolute atomic E-state index is 0.196. The van der Waals surface area contributed by atoms with Crippen molar-refractivity contribution in [1.82, 2.24) is 4.90 Å². The van der Waals surface area contributed by atoms with E-state index in [0.717, 1.165) is 6.42 Å². The second-order valence-electron chi connectivity index (χ2n) is 5.22. The zero-order valence-electron chi connectivity index (χ0n) is 10.2. The van der Waals surface area contributed by atoms with Gasteiger partial charge in [0.25, 0.3) is 0 Å². The molecule has 1 rings (SSSR count). The van der Waals surface area contributed by atoms with Crippen LogP contribution in [0.5, 0.6) is 0 Å². The summed E-state index contributed by atoms with van der Waals surface area (Å²) in [6, 6.07) is 0.433. The van der Waals surface area contributed by atoms with E-state index in [9.17, 15) is 4.79 Å². The van der Waals surface area contributed by atoms with E-state index >= 15 is 0 Å². The molecule has 2 nitrogen and oxygen atoms in total. The molecular weight excluding hydrogens is 254 g/mol. The Hall–Kier alpha value is -0.0500. The Bertz CT molecular complexity index is 234. The highest BCUT2D eigenvalue weighted by Crippen LogP contribution is 2.30. The average molecular weight is 276 g/mol. The molecule has 0 saturated heterocycles. The van der Waals surface area contributed by atoms with E-state index in [0.29, 0.717) is 12.0 Å². The molecule has 2 atom stereocenters. The molecule has 88 valence electrons. The van der Waals surface area contributed by atoms with Crippen molar-refractivity contribution in [2.45, 2.75) is 56.8 Å². The van der Waals surface area contributed by atoms with Crippen LogP contribution in [0.15, 0.2) is 0 Å². The first kappa shape index (κ1) is 13.0. The zero-order chi connectivity index (χ0) is 11.6. The monoisotopic (exact) mass is 275 g/mol. The van der Waals surface area contributed by atoms with Gasteiger partial charge in [-0.05, 0) is 32.6 Å². The van der Waals surface area contributed by atoms with Crippen LogP contribution in [0.2, 0.25) is 0 Å². The van der Waals surface area contributed by atoms with Gasteiger partial charge in [0, 0.05) is 13.1 Å². The Morgan fingerprint density at radius 2 is 1.87 bits per heavy atom. The average Bonchev–Trinajstić information content (AvgIpc) is 2.15. The lowest BCUT2D eigenvalue weighted by Gasteiger charge is -2.38. The third kappa shape index (κ3) is 3.20. The quantitative estimate of drug-likeness (QED) is 0.709. The summed E-state index contributed by atoms with van der Waals surface area (Å²) in [5.41, 5.74) is 0. The molecule has 0 aliphatic heterocycles. The Kier molecular flexibility index (Phi) is 4.21. The lowest BCUT2D eigenvalue weighted by Crippen LogP contribution is -2.48. The fourth-order valence-corrected chi connectivity index (χ4v) is 2.72. The Morgan fingerprint density at radius 1 is 1.33 bits per heavy atom. The number of nitrogens with zero attached hydrogens (tertiary/aromatic N) is 1. The smallest absolute Gasteiger partial charge is 0.238 e. The van der Waals surface area contributed by atoms with Crippen LogP contribution >= 0.6 is 15.9 Å². The van der Waals surface area contributed by atoms with Gasteiger partial charge in [-0.2, -0.15) is 0 Å². The molecule has 1 aliphatic rings. The van der Waals surface area contributed by atoms with Crippen molar-refractivity contribution in [3.63, 3.8) is 0 Å². The number of rotatable bonds is 2. The molecule has 2 unspecified atom stereocenters. The SMILES string of the molecule is CC1CCCCC1N(C)C(=O)C(C)(C)Br. The van der Waals surface area contributed by atoms with Gasteiger partial charge in [0.2, 0.25) is 5.91 Å². The number of halogens is 1. The van der Waals surface area contributed by atoms with Crippen LogP contribution in [0, 0.1) is 5.92 Å². The van der Waals surface area contributed by atoms with Gasteiger partial charge in [0.15, 0.2) is 0 Å². The van der Waals surface area contributed by atoms with E-state index in [1.165, 1.54) is 19.3 Å². The normalized spacial score (nSPS) is 27.5. The van der Waals surface area contributed by atoms with Gasteiger partial charge in [-0.15, -0.1) is 0 Å². The van der Waals surface area contributed by atoms with Gasteiger partial charge in [0.05, 0.1) is 4.32 Å². The highest BCUT2D eigenvalue weighted by atomic mass is 79.9. The minimum atomic E-state index is -0.432. The van der Waals surface area contributed by atoms with E-state index in [4.69, 9.17) is 0 Å². The fourth-order valence-electron chi connectivity index (χ4n) is 2.44. The van der Waals surface area contributed by atoms with Crippen molar-refractivity contribution >= 4 is 21.8 Å². The predicted molar refractivity (Wildman–Crippen MR) is 67.2 cm³/mol. The summed E-state index contributed by atoms with van der Waals surface area (Å²) in [4.78, 5) is 14.0. The predicted octanol–water partition coefficient (Wildman–Crippen LogP) is 3.20. The maximum absolute atomic E-state index is 12.1. The largest absolute Gasteiger partial charge is 0.341 e. The molecule has 1 amide bonds. The number of alkyl halides is 1. The van der Waals surface area contributed by atoms with Gasteiger partial charge in [-0.1, -0.05) is 35.7 Å². The first-order chi connectivity index (χ1) is 6.84. The summed E-state index contributed by atoms with van der Waals surface area (Å²) in [6.45, 7) is 6.09. The third-order valence-corrected chi connectivity index (χ3v) is 3.73. The van der Waals surface area contributed by atoms with Crippen molar-refractivity contribution < 1.29 is 4.79 Å². The van der Waals surface area contributed by atoms with Crippen molar-refractivity contribution in [3.05, 3.63) is 0 Å². The van der Waals surface area contributed by atoms with Crippen LogP contribution in [0.4, 0.5) is 0 Å². The Morgan fingerprint density at radius 3 is 2.33 bits per heavy atom. The number of hydrogen-bond donors (Lipinski definition) is 0. The van der Waals surface area contributed by atoms with Crippen LogP contribution in [-0.4, -0.2) is 28.2 Å². The minimum Gasteiger partial charge on any atom is -0.341 e. The molecule has 0 aromatic carbocycles. The van der Waals surface area contributed by atoms with Gasteiger partial charge < -0.3 is 4.90 Å². The fraction of sp³-hybridized carbons (Fsp3) is 0.917. The summed E-state index contributed by atoms with van der Waals surface area (Å²) in [7, 11) is 1.94. The van der Waals surface area contributed by atoms with Gasteiger partial charge >= 0.3 is 0 Å². The van der Waals surface area contributed by atoms with E-state index in [-0.39, 0.29) is 5.91 Å². The summed E-state index contributed by atoms with van der Waals surface area (Å²) in [6.07, 6.45) is 4.99. The van der Waals surface area contributed by atoms with Gasteiger partial charge in [-0.3, -0.25) is 4.79 Å². The van der Waals surface area contributed by atoms with Crippen molar-refractivity contribution in [3.8, 4) is 0 Å². The number of hydrogen-bond acceptors (Lipinski definition) is 1. The van der Waals surface area contributed by atoms with E-state index < -0.39 is 4.32 Å². The summed E-state index contributed by atoms with van der Waals surface area (Å²) in [5.74, 6) is 0.837. The summed E-state index contributed by atoms with van der Waals surface area (Å²) in [5, 5.41) is 0. The Labute approximate surface area is 102 Å².